The lowest BCUT2D eigenvalue weighted by Crippen LogP contribution is -2.59. The Hall–Kier alpha value is -0.950. The van der Waals surface area contributed by atoms with E-state index in [-0.39, 0.29) is 18.1 Å². The maximum atomic E-state index is 12.2. The van der Waals surface area contributed by atoms with Crippen LogP contribution >= 0.6 is 23.4 Å². The van der Waals surface area contributed by atoms with E-state index < -0.39 is 0 Å². The summed E-state index contributed by atoms with van der Waals surface area (Å²) in [6.45, 7) is 4.10. The Bertz CT molecular complexity index is 561. The van der Waals surface area contributed by atoms with Crippen molar-refractivity contribution in [3.05, 3.63) is 29.3 Å². The molecule has 0 unspecified atom stereocenters. The Morgan fingerprint density at radius 3 is 2.96 bits per heavy atom. The van der Waals surface area contributed by atoms with Crippen molar-refractivity contribution in [1.82, 2.24) is 10.2 Å². The van der Waals surface area contributed by atoms with E-state index >= 15 is 0 Å². The summed E-state index contributed by atoms with van der Waals surface area (Å²) < 4.78 is 11.0. The van der Waals surface area contributed by atoms with Crippen LogP contribution in [0.15, 0.2) is 24.3 Å². The van der Waals surface area contributed by atoms with Crippen molar-refractivity contribution in [2.45, 2.75) is 12.0 Å². The van der Waals surface area contributed by atoms with E-state index in [4.69, 9.17) is 21.1 Å². The molecule has 132 valence electrons. The van der Waals surface area contributed by atoms with Crippen molar-refractivity contribution in [3.63, 3.8) is 0 Å². The topological polar surface area (TPSA) is 50.8 Å². The standard InChI is InChI=1S/C17H23ClN2O3S/c18-14-2-1-3-15(10-14)23-11-16(21)19-12-17(4-9-24-13-17)20-5-7-22-8-6-20/h1-3,10H,4-9,11-13H2,(H,19,21)/t17-/m0/s1. The Labute approximate surface area is 152 Å². The summed E-state index contributed by atoms with van der Waals surface area (Å²) in [6.07, 6.45) is 1.10. The zero-order chi connectivity index (χ0) is 16.8. The molecule has 1 aromatic carbocycles. The van der Waals surface area contributed by atoms with Gasteiger partial charge in [0.15, 0.2) is 6.61 Å². The van der Waals surface area contributed by atoms with Crippen LogP contribution in [-0.4, -0.2) is 67.3 Å². The van der Waals surface area contributed by atoms with Crippen molar-refractivity contribution in [2.75, 3.05) is 51.0 Å². The van der Waals surface area contributed by atoms with Gasteiger partial charge in [0.1, 0.15) is 5.75 Å². The lowest BCUT2D eigenvalue weighted by atomic mass is 9.95. The fraction of sp³-hybridized carbons (Fsp3) is 0.588. The molecule has 5 nitrogen and oxygen atoms in total. The molecule has 2 saturated heterocycles. The fourth-order valence-electron chi connectivity index (χ4n) is 3.15. The van der Waals surface area contributed by atoms with Crippen molar-refractivity contribution >= 4 is 29.3 Å². The van der Waals surface area contributed by atoms with Crippen molar-refractivity contribution in [2.24, 2.45) is 0 Å². The summed E-state index contributed by atoms with van der Waals surface area (Å²) >= 11 is 7.87. The number of rotatable bonds is 6. The van der Waals surface area contributed by atoms with Gasteiger partial charge >= 0.3 is 0 Å². The second-order valence-electron chi connectivity index (χ2n) is 6.15. The molecule has 24 heavy (non-hydrogen) atoms. The van der Waals surface area contributed by atoms with E-state index in [0.29, 0.717) is 17.3 Å². The molecular formula is C17H23ClN2O3S. The molecule has 0 saturated carbocycles. The van der Waals surface area contributed by atoms with Gasteiger partial charge in [-0.1, -0.05) is 17.7 Å². The van der Waals surface area contributed by atoms with Crippen LogP contribution in [0.5, 0.6) is 5.75 Å². The molecule has 0 radical (unpaired) electrons. The number of thioether (sulfide) groups is 1. The molecule has 0 aliphatic carbocycles. The van der Waals surface area contributed by atoms with Crippen LogP contribution in [0.1, 0.15) is 6.42 Å². The highest BCUT2D eigenvalue weighted by Crippen LogP contribution is 2.33. The summed E-state index contributed by atoms with van der Waals surface area (Å²) in [5, 5.41) is 3.65. The van der Waals surface area contributed by atoms with Gasteiger partial charge < -0.3 is 14.8 Å². The van der Waals surface area contributed by atoms with Gasteiger partial charge in [-0.15, -0.1) is 0 Å². The van der Waals surface area contributed by atoms with Gasteiger partial charge in [-0.25, -0.2) is 0 Å². The van der Waals surface area contributed by atoms with Crippen molar-refractivity contribution in [1.29, 1.82) is 0 Å². The lowest BCUT2D eigenvalue weighted by Gasteiger charge is -2.43. The minimum Gasteiger partial charge on any atom is -0.484 e. The van der Waals surface area contributed by atoms with Gasteiger partial charge in [0.25, 0.3) is 5.91 Å². The third-order valence-corrected chi connectivity index (χ3v) is 6.01. The Morgan fingerprint density at radius 2 is 2.25 bits per heavy atom. The number of hydrogen-bond acceptors (Lipinski definition) is 5. The highest BCUT2D eigenvalue weighted by atomic mass is 35.5. The summed E-state index contributed by atoms with van der Waals surface area (Å²) in [5.41, 5.74) is 0.0557. The number of hydrogen-bond donors (Lipinski definition) is 1. The molecule has 2 aliphatic rings. The Kier molecular flexibility index (Phi) is 6.27. The molecule has 1 N–H and O–H groups in total. The van der Waals surface area contributed by atoms with Crippen molar-refractivity contribution in [3.8, 4) is 5.75 Å². The molecule has 7 heteroatoms. The van der Waals surface area contributed by atoms with Crippen LogP contribution in [0.25, 0.3) is 0 Å². The number of amides is 1. The number of halogens is 1. The van der Waals surface area contributed by atoms with Gasteiger partial charge in [0.05, 0.1) is 13.2 Å². The lowest BCUT2D eigenvalue weighted by molar-refractivity contribution is -0.123. The number of ether oxygens (including phenoxy) is 2. The molecule has 2 heterocycles. The molecule has 2 aliphatic heterocycles. The molecule has 3 rings (SSSR count). The van der Waals surface area contributed by atoms with Crippen molar-refractivity contribution < 1.29 is 14.3 Å². The average molecular weight is 371 g/mol. The van der Waals surface area contributed by atoms with Crippen LogP contribution in [0.4, 0.5) is 0 Å². The average Bonchev–Trinajstić information content (AvgIpc) is 3.09. The normalized spacial score (nSPS) is 24.7. The first kappa shape index (κ1) is 17.9. The monoisotopic (exact) mass is 370 g/mol. The van der Waals surface area contributed by atoms with E-state index in [2.05, 4.69) is 10.2 Å². The second-order valence-corrected chi connectivity index (χ2v) is 7.69. The highest BCUT2D eigenvalue weighted by Gasteiger charge is 2.40. The third-order valence-electron chi connectivity index (χ3n) is 4.55. The summed E-state index contributed by atoms with van der Waals surface area (Å²) in [7, 11) is 0. The second kappa shape index (κ2) is 8.43. The smallest absolute Gasteiger partial charge is 0.258 e. The van der Waals surface area contributed by atoms with Gasteiger partial charge in [-0.05, 0) is 30.4 Å². The first-order chi connectivity index (χ1) is 11.7. The summed E-state index contributed by atoms with van der Waals surface area (Å²) in [4.78, 5) is 14.6. The molecular weight excluding hydrogens is 348 g/mol. The van der Waals surface area contributed by atoms with Crippen LogP contribution < -0.4 is 10.1 Å². The van der Waals surface area contributed by atoms with E-state index in [1.54, 1.807) is 24.3 Å². The van der Waals surface area contributed by atoms with E-state index in [0.717, 1.165) is 44.2 Å². The molecule has 2 fully saturated rings. The van der Waals surface area contributed by atoms with E-state index in [9.17, 15) is 4.79 Å². The maximum absolute atomic E-state index is 12.2. The third kappa shape index (κ3) is 4.57. The SMILES string of the molecule is O=C(COc1cccc(Cl)c1)NC[C@@]1(N2CCOCC2)CCSC1. The minimum atomic E-state index is -0.0977. The van der Waals surface area contributed by atoms with E-state index in [1.807, 2.05) is 11.8 Å². The zero-order valence-electron chi connectivity index (χ0n) is 13.6. The van der Waals surface area contributed by atoms with Gasteiger partial charge in [-0.2, -0.15) is 11.8 Å². The van der Waals surface area contributed by atoms with Crippen LogP contribution in [0.3, 0.4) is 0 Å². The molecule has 1 amide bonds. The van der Waals surface area contributed by atoms with Crippen LogP contribution in [0, 0.1) is 0 Å². The fourth-order valence-corrected chi connectivity index (χ4v) is 4.81. The molecule has 1 aromatic rings. The van der Waals surface area contributed by atoms with Gasteiger partial charge in [0, 0.05) is 35.9 Å². The number of morpholine rings is 1. The Balaban J connectivity index is 1.50. The summed E-state index contributed by atoms with van der Waals surface area (Å²) in [5.74, 6) is 2.71. The molecule has 0 bridgehead atoms. The largest absolute Gasteiger partial charge is 0.484 e. The predicted octanol–water partition coefficient (Wildman–Crippen LogP) is 2.04. The number of nitrogens with zero attached hydrogens (tertiary/aromatic N) is 1. The van der Waals surface area contributed by atoms with Gasteiger partial charge in [0.2, 0.25) is 0 Å². The molecule has 0 spiro atoms. The Morgan fingerprint density at radius 1 is 1.42 bits per heavy atom. The quantitative estimate of drug-likeness (QED) is 0.830. The zero-order valence-corrected chi connectivity index (χ0v) is 15.2. The number of carbonyl (C=O) groups is 1. The number of benzene rings is 1. The first-order valence-electron chi connectivity index (χ1n) is 8.24. The minimum absolute atomic E-state index is 0.00662. The van der Waals surface area contributed by atoms with Gasteiger partial charge in [-0.3, -0.25) is 9.69 Å². The summed E-state index contributed by atoms with van der Waals surface area (Å²) in [6, 6.07) is 7.08. The first-order valence-corrected chi connectivity index (χ1v) is 9.77. The molecule has 1 atom stereocenters. The highest BCUT2D eigenvalue weighted by molar-refractivity contribution is 7.99. The number of carbonyl (C=O) groups excluding carboxylic acids is 1. The number of nitrogens with one attached hydrogen (secondary N) is 1. The maximum Gasteiger partial charge on any atom is 0.258 e. The molecule has 0 aromatic heterocycles. The van der Waals surface area contributed by atoms with E-state index in [1.165, 1.54) is 0 Å². The predicted molar refractivity (Wildman–Crippen MR) is 97.0 cm³/mol. The van der Waals surface area contributed by atoms with Crippen LogP contribution in [-0.2, 0) is 9.53 Å². The van der Waals surface area contributed by atoms with Crippen LogP contribution in [0.2, 0.25) is 5.02 Å².